The van der Waals surface area contributed by atoms with Crippen LogP contribution in [0.15, 0.2) is 34.7 Å². The second-order valence-electron chi connectivity index (χ2n) is 7.79. The maximum atomic E-state index is 14.5. The highest BCUT2D eigenvalue weighted by molar-refractivity contribution is 5.80. The van der Waals surface area contributed by atoms with E-state index in [2.05, 4.69) is 15.2 Å². The lowest BCUT2D eigenvalue weighted by Gasteiger charge is -2.32. The Balaban J connectivity index is 1.37. The quantitative estimate of drug-likeness (QED) is 0.507. The number of hydrogen-bond donors (Lipinski definition) is 1. The molecule has 0 radical (unpaired) electrons. The normalized spacial score (nSPS) is 15.1. The molecule has 2 heterocycles. The van der Waals surface area contributed by atoms with Crippen molar-refractivity contribution in [2.24, 2.45) is 0 Å². The minimum atomic E-state index is -0.435. The molecule has 8 heteroatoms. The van der Waals surface area contributed by atoms with Crippen LogP contribution in [0.25, 0.3) is 11.1 Å². The molecular formula is C24H30FN3O4. The van der Waals surface area contributed by atoms with E-state index in [1.807, 2.05) is 32.0 Å². The number of rotatable bonds is 9. The smallest absolute Gasteiger partial charge is 0.296 e. The largest absolute Gasteiger partial charge is 0.493 e. The average Bonchev–Trinajstić information content (AvgIpc) is 3.21. The second-order valence-corrected chi connectivity index (χ2v) is 7.79. The summed E-state index contributed by atoms with van der Waals surface area (Å²) >= 11 is 0. The van der Waals surface area contributed by atoms with Gasteiger partial charge in [-0.25, -0.2) is 0 Å². The van der Waals surface area contributed by atoms with E-state index in [9.17, 15) is 4.39 Å². The van der Waals surface area contributed by atoms with Crippen LogP contribution in [0.2, 0.25) is 0 Å². The Morgan fingerprint density at radius 3 is 2.41 bits per heavy atom. The summed E-state index contributed by atoms with van der Waals surface area (Å²) in [5, 5.41) is 3.42. The summed E-state index contributed by atoms with van der Waals surface area (Å²) in [5.74, 6) is 0.734. The maximum Gasteiger partial charge on any atom is 0.296 e. The van der Waals surface area contributed by atoms with Crippen LogP contribution in [0.3, 0.4) is 0 Å². The molecule has 1 N–H and O–H groups in total. The summed E-state index contributed by atoms with van der Waals surface area (Å²) in [4.78, 5) is 6.88. The number of nitrogens with zero attached hydrogens (tertiary/aromatic N) is 2. The van der Waals surface area contributed by atoms with Gasteiger partial charge in [-0.05, 0) is 56.5 Å². The van der Waals surface area contributed by atoms with Crippen molar-refractivity contribution in [2.45, 2.75) is 39.3 Å². The zero-order chi connectivity index (χ0) is 22.5. The van der Waals surface area contributed by atoms with Gasteiger partial charge < -0.3 is 23.9 Å². The molecule has 1 aliphatic rings. The van der Waals surface area contributed by atoms with Crippen LogP contribution in [0.1, 0.15) is 32.3 Å². The van der Waals surface area contributed by atoms with Crippen molar-refractivity contribution in [3.63, 3.8) is 0 Å². The predicted molar refractivity (Wildman–Crippen MR) is 121 cm³/mol. The first-order valence-electron chi connectivity index (χ1n) is 11.1. The number of para-hydroxylation sites is 1. The number of anilines is 1. The minimum absolute atomic E-state index is 0.247. The summed E-state index contributed by atoms with van der Waals surface area (Å²) in [6.07, 6.45) is 1.90. The number of benzene rings is 2. The first-order valence-corrected chi connectivity index (χ1v) is 11.1. The fourth-order valence-electron chi connectivity index (χ4n) is 4.05. The van der Waals surface area contributed by atoms with Gasteiger partial charge in [-0.1, -0.05) is 6.07 Å². The molecule has 1 aromatic heterocycles. The fraction of sp³-hybridized carbons (Fsp3) is 0.458. The first kappa shape index (κ1) is 22.2. The van der Waals surface area contributed by atoms with E-state index >= 15 is 0 Å². The zero-order valence-electron chi connectivity index (χ0n) is 18.8. The highest BCUT2D eigenvalue weighted by Gasteiger charge is 2.22. The van der Waals surface area contributed by atoms with Gasteiger partial charge >= 0.3 is 0 Å². The van der Waals surface area contributed by atoms with E-state index in [4.69, 9.17) is 18.6 Å². The Hall–Kier alpha value is -3.00. The Morgan fingerprint density at radius 1 is 1.09 bits per heavy atom. The van der Waals surface area contributed by atoms with Crippen LogP contribution in [0.5, 0.6) is 17.2 Å². The average molecular weight is 444 g/mol. The van der Waals surface area contributed by atoms with Crippen LogP contribution in [-0.4, -0.2) is 49.3 Å². The standard InChI is InChI=1S/C24H30FN3O4/c1-4-30-20-13-16(14-21(22(20)25)31-5-2)15-28-11-9-17(10-12-28)26-24-27-18-7-6-8-19(29-3)23(18)32-24/h6-8,13-14,17H,4-5,9-12,15H2,1-3H3,(H,26,27). The Labute approximate surface area is 187 Å². The Bertz CT molecular complexity index is 1020. The molecule has 7 nitrogen and oxygen atoms in total. The van der Waals surface area contributed by atoms with E-state index < -0.39 is 5.82 Å². The highest BCUT2D eigenvalue weighted by atomic mass is 19.1. The van der Waals surface area contributed by atoms with Crippen molar-refractivity contribution in [1.82, 2.24) is 9.88 Å². The van der Waals surface area contributed by atoms with Crippen LogP contribution < -0.4 is 19.5 Å². The molecule has 0 amide bonds. The third-order valence-electron chi connectivity index (χ3n) is 5.59. The van der Waals surface area contributed by atoms with Gasteiger partial charge in [0.05, 0.1) is 20.3 Å². The fourth-order valence-corrected chi connectivity index (χ4v) is 4.05. The molecule has 4 rings (SSSR count). The van der Waals surface area contributed by atoms with E-state index in [0.717, 1.165) is 37.0 Å². The lowest BCUT2D eigenvalue weighted by atomic mass is 10.0. The zero-order valence-corrected chi connectivity index (χ0v) is 18.8. The SMILES string of the molecule is CCOc1cc(CN2CCC(Nc3nc4cccc(OC)c4o3)CC2)cc(OCC)c1F. The van der Waals surface area contributed by atoms with E-state index in [0.29, 0.717) is 37.1 Å². The first-order chi connectivity index (χ1) is 15.6. The maximum absolute atomic E-state index is 14.5. The van der Waals surface area contributed by atoms with Crippen LogP contribution >= 0.6 is 0 Å². The lowest BCUT2D eigenvalue weighted by Crippen LogP contribution is -2.38. The number of oxazole rings is 1. The van der Waals surface area contributed by atoms with Gasteiger partial charge in [0.1, 0.15) is 5.52 Å². The number of aromatic nitrogens is 1. The predicted octanol–water partition coefficient (Wildman–Crippen LogP) is 4.85. The van der Waals surface area contributed by atoms with Crippen LogP contribution in [-0.2, 0) is 6.54 Å². The van der Waals surface area contributed by atoms with E-state index in [1.54, 1.807) is 19.2 Å². The van der Waals surface area contributed by atoms with Gasteiger partial charge in [0.2, 0.25) is 5.82 Å². The molecule has 2 aromatic carbocycles. The monoisotopic (exact) mass is 443 g/mol. The highest BCUT2D eigenvalue weighted by Crippen LogP contribution is 2.31. The molecule has 1 fully saturated rings. The minimum Gasteiger partial charge on any atom is -0.493 e. The number of hydrogen-bond acceptors (Lipinski definition) is 7. The molecule has 0 unspecified atom stereocenters. The van der Waals surface area contributed by atoms with Gasteiger partial charge in [0.25, 0.3) is 6.01 Å². The van der Waals surface area contributed by atoms with Gasteiger partial charge in [-0.3, -0.25) is 4.90 Å². The van der Waals surface area contributed by atoms with Crippen molar-refractivity contribution in [1.29, 1.82) is 0 Å². The summed E-state index contributed by atoms with van der Waals surface area (Å²) in [7, 11) is 1.62. The second kappa shape index (κ2) is 10.1. The van der Waals surface area contributed by atoms with Crippen LogP contribution in [0.4, 0.5) is 10.4 Å². The molecule has 0 bridgehead atoms. The molecule has 172 valence electrons. The van der Waals surface area contributed by atoms with Gasteiger partial charge in [0.15, 0.2) is 22.8 Å². The van der Waals surface area contributed by atoms with Crippen molar-refractivity contribution in [2.75, 3.05) is 38.7 Å². The molecule has 32 heavy (non-hydrogen) atoms. The topological polar surface area (TPSA) is 69.0 Å². The molecule has 0 spiro atoms. The summed E-state index contributed by atoms with van der Waals surface area (Å²) < 4.78 is 36.7. The van der Waals surface area contributed by atoms with Gasteiger partial charge in [-0.15, -0.1) is 0 Å². The number of likely N-dealkylation sites (tertiary alicyclic amines) is 1. The third-order valence-corrected chi connectivity index (χ3v) is 5.59. The van der Waals surface area contributed by atoms with E-state index in [1.165, 1.54) is 0 Å². The molecule has 0 aliphatic carbocycles. The number of ether oxygens (including phenoxy) is 3. The number of halogens is 1. The number of methoxy groups -OCH3 is 1. The van der Waals surface area contributed by atoms with Crippen molar-refractivity contribution in [3.05, 3.63) is 41.7 Å². The van der Waals surface area contributed by atoms with Crippen molar-refractivity contribution in [3.8, 4) is 17.2 Å². The van der Waals surface area contributed by atoms with Crippen molar-refractivity contribution >= 4 is 17.1 Å². The lowest BCUT2D eigenvalue weighted by molar-refractivity contribution is 0.209. The van der Waals surface area contributed by atoms with Gasteiger partial charge in [0, 0.05) is 25.7 Å². The third kappa shape index (κ3) is 4.91. The molecule has 1 aliphatic heterocycles. The summed E-state index contributed by atoms with van der Waals surface area (Å²) in [5.41, 5.74) is 2.41. The number of piperidine rings is 1. The molecule has 0 saturated carbocycles. The number of nitrogens with one attached hydrogen (secondary N) is 1. The van der Waals surface area contributed by atoms with Crippen molar-refractivity contribution < 1.29 is 23.0 Å². The van der Waals surface area contributed by atoms with Gasteiger partial charge in [-0.2, -0.15) is 9.37 Å². The molecule has 0 atom stereocenters. The van der Waals surface area contributed by atoms with Crippen LogP contribution in [0, 0.1) is 5.82 Å². The van der Waals surface area contributed by atoms with E-state index in [-0.39, 0.29) is 17.5 Å². The molecule has 3 aromatic rings. The Morgan fingerprint density at radius 2 is 1.78 bits per heavy atom. The summed E-state index contributed by atoms with van der Waals surface area (Å²) in [6.45, 7) is 7.04. The molecular weight excluding hydrogens is 413 g/mol. The number of fused-ring (bicyclic) bond motifs is 1. The summed E-state index contributed by atoms with van der Waals surface area (Å²) in [6, 6.07) is 10.0. The Kier molecular flexibility index (Phi) is 6.99. The molecule has 1 saturated heterocycles.